The van der Waals surface area contributed by atoms with Crippen LogP contribution in [0.1, 0.15) is 32.3 Å². The van der Waals surface area contributed by atoms with E-state index in [1.165, 1.54) is 18.2 Å². The molecule has 0 radical (unpaired) electrons. The number of carbonyl (C=O) groups is 1. The van der Waals surface area contributed by atoms with E-state index in [0.29, 0.717) is 25.2 Å². The molecule has 0 unspecified atom stereocenters. The normalized spacial score (nSPS) is 22.2. The van der Waals surface area contributed by atoms with Gasteiger partial charge in [0, 0.05) is 25.7 Å². The minimum Gasteiger partial charge on any atom is -0.454 e. The first-order chi connectivity index (χ1) is 22.2. The van der Waals surface area contributed by atoms with E-state index in [2.05, 4.69) is 10.0 Å². The zero-order valence-corrected chi connectivity index (χ0v) is 28.3. The van der Waals surface area contributed by atoms with Crippen LogP contribution in [0.25, 0.3) is 0 Å². The fourth-order valence-corrected chi connectivity index (χ4v) is 8.06. The molecule has 0 bridgehead atoms. The zero-order chi connectivity index (χ0) is 33.8. The molecule has 2 saturated heterocycles. The molecule has 260 valence electrons. The highest BCUT2D eigenvalue weighted by molar-refractivity contribution is 7.89. The van der Waals surface area contributed by atoms with Gasteiger partial charge in [-0.25, -0.2) is 26.4 Å². The monoisotopic (exact) mass is 697 g/mol. The lowest BCUT2D eigenvalue weighted by Gasteiger charge is -2.35. The number of sulfonamides is 2. The summed E-state index contributed by atoms with van der Waals surface area (Å²) in [5, 5.41) is 14.5. The first kappa shape index (κ1) is 35.3. The zero-order valence-electron chi connectivity index (χ0n) is 26.7. The van der Waals surface area contributed by atoms with Crippen molar-refractivity contribution in [2.45, 2.75) is 62.5 Å². The van der Waals surface area contributed by atoms with Gasteiger partial charge in [-0.2, -0.15) is 4.31 Å². The highest BCUT2D eigenvalue weighted by Gasteiger charge is 2.44. The number of rotatable bonds is 15. The molecule has 0 aliphatic carbocycles. The largest absolute Gasteiger partial charge is 0.454 e. The second-order valence-electron chi connectivity index (χ2n) is 12.9. The number of aliphatic hydroxyl groups excluding tert-OH is 1. The minimum absolute atomic E-state index is 0.0357. The van der Waals surface area contributed by atoms with Crippen molar-refractivity contribution in [1.82, 2.24) is 14.3 Å². The number of nitrogens with zero attached hydrogens (tertiary/aromatic N) is 1. The average Bonchev–Trinajstić information content (AvgIpc) is 3.74. The third-order valence-electron chi connectivity index (χ3n) is 8.45. The van der Waals surface area contributed by atoms with Crippen LogP contribution in [0.3, 0.4) is 0 Å². The minimum atomic E-state index is -4.24. The topological polar surface area (TPSA) is 179 Å². The average molecular weight is 698 g/mol. The number of hydrogen-bond acceptors (Lipinski definition) is 11. The Morgan fingerprint density at radius 2 is 1.83 bits per heavy atom. The highest BCUT2D eigenvalue weighted by Crippen LogP contribution is 2.36. The summed E-state index contributed by atoms with van der Waals surface area (Å²) < 4.78 is 82.9. The van der Waals surface area contributed by atoms with Gasteiger partial charge in [-0.05, 0) is 42.4 Å². The van der Waals surface area contributed by atoms with Crippen molar-refractivity contribution in [2.24, 2.45) is 11.3 Å². The maximum Gasteiger partial charge on any atom is 0.407 e. The fourth-order valence-electron chi connectivity index (χ4n) is 5.92. The van der Waals surface area contributed by atoms with E-state index in [4.69, 9.17) is 23.7 Å². The Kier molecular flexibility index (Phi) is 11.0. The number of carbonyl (C=O) groups excluding carboxylic acids is 1. The number of hydrogen-bond donors (Lipinski definition) is 3. The second-order valence-corrected chi connectivity index (χ2v) is 16.6. The Morgan fingerprint density at radius 3 is 2.57 bits per heavy atom. The Morgan fingerprint density at radius 1 is 1.09 bits per heavy atom. The van der Waals surface area contributed by atoms with Crippen LogP contribution in [0, 0.1) is 11.3 Å². The van der Waals surface area contributed by atoms with Crippen LogP contribution < -0.4 is 19.5 Å². The first-order valence-electron chi connectivity index (χ1n) is 15.5. The summed E-state index contributed by atoms with van der Waals surface area (Å²) in [4.78, 5) is 13.1. The van der Waals surface area contributed by atoms with E-state index in [1.54, 1.807) is 0 Å². The van der Waals surface area contributed by atoms with Gasteiger partial charge in [0.1, 0.15) is 6.10 Å². The molecule has 3 aliphatic rings. The van der Waals surface area contributed by atoms with Crippen LogP contribution in [0.4, 0.5) is 4.79 Å². The van der Waals surface area contributed by atoms with Gasteiger partial charge in [0.25, 0.3) is 0 Å². The Balaban J connectivity index is 1.37. The van der Waals surface area contributed by atoms with Crippen LogP contribution in [0.15, 0.2) is 53.4 Å². The number of amides is 1. The van der Waals surface area contributed by atoms with Crippen molar-refractivity contribution in [3.63, 3.8) is 0 Å². The summed E-state index contributed by atoms with van der Waals surface area (Å²) in [7, 11) is -7.69. The third kappa shape index (κ3) is 9.34. The number of benzene rings is 2. The SMILES string of the molecule is CC(C)(CCNS(C)(=O)=O)CN(C[C@@H](O)[C@H](Cc1ccccc1)NC(=O)O[C@H]1CO[C@H]2OCC[C@H]21)S(=O)(=O)c1ccc2c(c1)OCO2. The van der Waals surface area contributed by atoms with Gasteiger partial charge in [0.2, 0.25) is 26.8 Å². The summed E-state index contributed by atoms with van der Waals surface area (Å²) in [6.07, 6.45) is -0.824. The fraction of sp³-hybridized carbons (Fsp3) is 0.581. The summed E-state index contributed by atoms with van der Waals surface area (Å²) in [6.45, 7) is 3.93. The second kappa shape index (κ2) is 14.6. The van der Waals surface area contributed by atoms with Gasteiger partial charge in [0.15, 0.2) is 17.8 Å². The number of fused-ring (bicyclic) bond motifs is 2. The van der Waals surface area contributed by atoms with Gasteiger partial charge in [-0.1, -0.05) is 44.2 Å². The number of aliphatic hydroxyl groups is 1. The molecule has 16 heteroatoms. The van der Waals surface area contributed by atoms with Crippen molar-refractivity contribution >= 4 is 26.1 Å². The summed E-state index contributed by atoms with van der Waals surface area (Å²) in [6, 6.07) is 12.5. The Bertz CT molecular complexity index is 1610. The van der Waals surface area contributed by atoms with Crippen molar-refractivity contribution in [2.75, 3.05) is 45.9 Å². The maximum absolute atomic E-state index is 14.2. The molecule has 0 spiro atoms. The summed E-state index contributed by atoms with van der Waals surface area (Å²) in [5.74, 6) is 0.608. The van der Waals surface area contributed by atoms with Crippen LogP contribution >= 0.6 is 0 Å². The van der Waals surface area contributed by atoms with Crippen LogP contribution in [0.5, 0.6) is 11.5 Å². The van der Waals surface area contributed by atoms with Gasteiger partial charge >= 0.3 is 6.09 Å². The maximum atomic E-state index is 14.2. The molecule has 2 fully saturated rings. The molecular weight excluding hydrogens is 654 g/mol. The molecular formula is C31H43N3O11S2. The summed E-state index contributed by atoms with van der Waals surface area (Å²) in [5.41, 5.74) is 0.0763. The van der Waals surface area contributed by atoms with Crippen molar-refractivity contribution in [1.29, 1.82) is 0 Å². The Labute approximate surface area is 275 Å². The lowest BCUT2D eigenvalue weighted by molar-refractivity contribution is -0.0907. The van der Waals surface area contributed by atoms with E-state index in [9.17, 15) is 26.7 Å². The van der Waals surface area contributed by atoms with Crippen LogP contribution in [-0.4, -0.2) is 103 Å². The molecule has 0 aromatic heterocycles. The number of ether oxygens (including phenoxy) is 5. The Hall–Kier alpha value is -2.99. The lowest BCUT2D eigenvalue weighted by atomic mass is 9.89. The van der Waals surface area contributed by atoms with Gasteiger partial charge < -0.3 is 34.1 Å². The van der Waals surface area contributed by atoms with Gasteiger partial charge in [0.05, 0.1) is 42.4 Å². The molecule has 3 heterocycles. The molecule has 3 aliphatic heterocycles. The van der Waals surface area contributed by atoms with Gasteiger partial charge in [-0.15, -0.1) is 0 Å². The highest BCUT2D eigenvalue weighted by atomic mass is 32.2. The number of nitrogens with one attached hydrogen (secondary N) is 2. The third-order valence-corrected chi connectivity index (χ3v) is 11.0. The van der Waals surface area contributed by atoms with E-state index >= 15 is 0 Å². The van der Waals surface area contributed by atoms with Crippen molar-refractivity contribution < 1.29 is 50.4 Å². The molecule has 3 N–H and O–H groups in total. The van der Waals surface area contributed by atoms with Gasteiger partial charge in [-0.3, -0.25) is 0 Å². The quantitative estimate of drug-likeness (QED) is 0.247. The van der Waals surface area contributed by atoms with E-state index < -0.39 is 56.1 Å². The molecule has 1 amide bonds. The van der Waals surface area contributed by atoms with E-state index in [0.717, 1.165) is 16.1 Å². The first-order valence-corrected chi connectivity index (χ1v) is 18.8. The molecule has 14 nitrogen and oxygen atoms in total. The van der Waals surface area contributed by atoms with E-state index in [1.807, 2.05) is 44.2 Å². The molecule has 5 atom stereocenters. The lowest BCUT2D eigenvalue weighted by Crippen LogP contribution is -2.52. The molecule has 2 aromatic rings. The molecule has 2 aromatic carbocycles. The summed E-state index contributed by atoms with van der Waals surface area (Å²) >= 11 is 0. The van der Waals surface area contributed by atoms with Crippen molar-refractivity contribution in [3.05, 3.63) is 54.1 Å². The smallest absolute Gasteiger partial charge is 0.407 e. The molecule has 0 saturated carbocycles. The van der Waals surface area contributed by atoms with E-state index in [-0.39, 0.29) is 56.0 Å². The van der Waals surface area contributed by atoms with Crippen LogP contribution in [-0.2, 0) is 40.7 Å². The molecule has 5 rings (SSSR count). The molecule has 47 heavy (non-hydrogen) atoms. The predicted molar refractivity (Wildman–Crippen MR) is 170 cm³/mol. The predicted octanol–water partition coefficient (Wildman–Crippen LogP) is 1.83. The van der Waals surface area contributed by atoms with Crippen molar-refractivity contribution in [3.8, 4) is 11.5 Å². The standard InChI is InChI=1S/C31H43N3O11S2/c1-31(2,12-13-32-46(3,37)38)19-34(47(39,40)22-9-10-26-27(16-22)44-20-43-26)17-25(35)24(15-21-7-5-4-6-8-21)33-30(36)45-28-18-42-29-23(28)11-14-41-29/h4-10,16,23-25,28-29,32,35H,11-15,17-20H2,1-3H3,(H,33,36)/t23-,24-,25+,28-,29+/m0/s1. The van der Waals surface area contributed by atoms with Crippen LogP contribution in [0.2, 0.25) is 0 Å². The number of alkyl carbamates (subject to hydrolysis) is 1.